The molecule has 0 bridgehead atoms. The van der Waals surface area contributed by atoms with Crippen molar-refractivity contribution in [3.05, 3.63) is 12.3 Å². The van der Waals surface area contributed by atoms with Crippen LogP contribution in [0.1, 0.15) is 12.8 Å². The van der Waals surface area contributed by atoms with Gasteiger partial charge in [-0.15, -0.1) is 0 Å². The Labute approximate surface area is 210 Å². The fraction of sp³-hybridized carbons (Fsp3) is 0.800. The second kappa shape index (κ2) is 14.8. The van der Waals surface area contributed by atoms with Crippen molar-refractivity contribution in [3.8, 4) is 0 Å². The zero-order valence-corrected chi connectivity index (χ0v) is 21.2. The molecular formula is C25H44N6O4. The van der Waals surface area contributed by atoms with Crippen LogP contribution in [0.25, 0.3) is 0 Å². The Morgan fingerprint density at radius 2 is 1.26 bits per heavy atom. The van der Waals surface area contributed by atoms with Crippen molar-refractivity contribution in [1.29, 1.82) is 0 Å². The SMILES string of the molecule is Nc1cnc2c(c1)N(CCOCCCN1CCOCC1)CCN2CCOCCCN1CCOCC1. The van der Waals surface area contributed by atoms with Crippen LogP contribution in [0.15, 0.2) is 12.3 Å². The molecule has 1 aromatic heterocycles. The van der Waals surface area contributed by atoms with E-state index in [0.29, 0.717) is 18.9 Å². The first-order valence-corrected chi connectivity index (χ1v) is 13.3. The molecule has 4 rings (SSSR count). The Balaban J connectivity index is 1.13. The van der Waals surface area contributed by atoms with E-state index in [4.69, 9.17) is 24.7 Å². The van der Waals surface area contributed by atoms with E-state index in [9.17, 15) is 0 Å². The van der Waals surface area contributed by atoms with Gasteiger partial charge in [0.05, 0.1) is 57.2 Å². The highest BCUT2D eigenvalue weighted by Crippen LogP contribution is 2.32. The standard InChI is InChI=1S/C25H44N6O4/c26-23-21-24-25(27-22-23)31(12-20-33-14-2-4-29-9-17-35-18-10-29)6-5-30(24)11-19-32-13-1-3-28-7-15-34-16-8-28/h21-22H,1-20,26H2. The van der Waals surface area contributed by atoms with Crippen molar-refractivity contribution in [3.63, 3.8) is 0 Å². The number of ether oxygens (including phenoxy) is 4. The van der Waals surface area contributed by atoms with Crippen LogP contribution in [0, 0.1) is 0 Å². The van der Waals surface area contributed by atoms with Gasteiger partial charge in [0.2, 0.25) is 0 Å². The van der Waals surface area contributed by atoms with Crippen molar-refractivity contribution in [2.45, 2.75) is 12.8 Å². The van der Waals surface area contributed by atoms with Crippen molar-refractivity contribution < 1.29 is 18.9 Å². The molecule has 0 aliphatic carbocycles. The lowest BCUT2D eigenvalue weighted by molar-refractivity contribution is 0.0321. The third-order valence-electron chi connectivity index (χ3n) is 6.89. The van der Waals surface area contributed by atoms with Gasteiger partial charge in [0.25, 0.3) is 0 Å². The van der Waals surface area contributed by atoms with E-state index in [1.807, 2.05) is 6.07 Å². The second-order valence-electron chi connectivity index (χ2n) is 9.43. The van der Waals surface area contributed by atoms with E-state index < -0.39 is 0 Å². The normalized spacial score (nSPS) is 19.8. The van der Waals surface area contributed by atoms with Crippen LogP contribution in [-0.4, -0.2) is 133 Å². The number of anilines is 3. The van der Waals surface area contributed by atoms with Gasteiger partial charge in [0, 0.05) is 78.7 Å². The topological polar surface area (TPSA) is 88.8 Å². The summed E-state index contributed by atoms with van der Waals surface area (Å²) in [7, 11) is 0. The summed E-state index contributed by atoms with van der Waals surface area (Å²) in [4.78, 5) is 14.2. The van der Waals surface area contributed by atoms with Crippen molar-refractivity contribution >= 4 is 17.2 Å². The van der Waals surface area contributed by atoms with Crippen LogP contribution in [0.5, 0.6) is 0 Å². The Morgan fingerprint density at radius 1 is 0.714 bits per heavy atom. The lowest BCUT2D eigenvalue weighted by atomic mass is 10.2. The number of aromatic nitrogens is 1. The number of pyridine rings is 1. The highest BCUT2D eigenvalue weighted by Gasteiger charge is 2.24. The highest BCUT2D eigenvalue weighted by atomic mass is 16.5. The van der Waals surface area contributed by atoms with E-state index in [0.717, 1.165) is 129 Å². The van der Waals surface area contributed by atoms with Gasteiger partial charge in [-0.05, 0) is 18.9 Å². The maximum absolute atomic E-state index is 6.08. The quantitative estimate of drug-likeness (QED) is 0.376. The second-order valence-corrected chi connectivity index (χ2v) is 9.43. The molecule has 35 heavy (non-hydrogen) atoms. The molecule has 0 amide bonds. The summed E-state index contributed by atoms with van der Waals surface area (Å²) in [5.41, 5.74) is 7.88. The third kappa shape index (κ3) is 8.73. The Hall–Kier alpha value is -1.69. The van der Waals surface area contributed by atoms with Gasteiger partial charge < -0.3 is 34.5 Å². The molecule has 0 atom stereocenters. The maximum Gasteiger partial charge on any atom is 0.152 e. The number of morpholine rings is 2. The molecule has 2 fully saturated rings. The van der Waals surface area contributed by atoms with Crippen molar-refractivity contribution in [2.24, 2.45) is 0 Å². The monoisotopic (exact) mass is 492 g/mol. The summed E-state index contributed by atoms with van der Waals surface area (Å²) in [6.45, 7) is 16.3. The minimum Gasteiger partial charge on any atom is -0.397 e. The predicted octanol–water partition coefficient (Wildman–Crippen LogP) is 0.768. The molecule has 2 N–H and O–H groups in total. The molecule has 0 unspecified atom stereocenters. The van der Waals surface area contributed by atoms with Crippen LogP contribution in [0.4, 0.5) is 17.2 Å². The fourth-order valence-corrected chi connectivity index (χ4v) is 4.84. The molecule has 198 valence electrons. The van der Waals surface area contributed by atoms with Gasteiger partial charge in [0.15, 0.2) is 5.82 Å². The number of hydrogen-bond donors (Lipinski definition) is 1. The first-order chi connectivity index (χ1) is 17.3. The van der Waals surface area contributed by atoms with Gasteiger partial charge in [-0.1, -0.05) is 0 Å². The van der Waals surface area contributed by atoms with Gasteiger partial charge in [0.1, 0.15) is 0 Å². The van der Waals surface area contributed by atoms with E-state index in [2.05, 4.69) is 24.6 Å². The van der Waals surface area contributed by atoms with E-state index >= 15 is 0 Å². The zero-order valence-electron chi connectivity index (χ0n) is 21.2. The molecule has 0 spiro atoms. The van der Waals surface area contributed by atoms with E-state index in [1.165, 1.54) is 0 Å². The number of nitrogens with two attached hydrogens (primary N) is 1. The molecule has 0 aromatic carbocycles. The molecule has 10 nitrogen and oxygen atoms in total. The minimum absolute atomic E-state index is 0.696. The largest absolute Gasteiger partial charge is 0.397 e. The summed E-state index contributed by atoms with van der Waals surface area (Å²) in [5, 5.41) is 0. The maximum atomic E-state index is 6.08. The Morgan fingerprint density at radius 3 is 1.86 bits per heavy atom. The van der Waals surface area contributed by atoms with Crippen molar-refractivity contribution in [2.75, 3.05) is 134 Å². The first-order valence-electron chi connectivity index (χ1n) is 13.3. The van der Waals surface area contributed by atoms with Crippen molar-refractivity contribution in [1.82, 2.24) is 14.8 Å². The molecule has 2 saturated heterocycles. The van der Waals surface area contributed by atoms with Crippen LogP contribution in [0.2, 0.25) is 0 Å². The van der Waals surface area contributed by atoms with Gasteiger partial charge >= 0.3 is 0 Å². The Bertz CT molecular complexity index is 730. The highest BCUT2D eigenvalue weighted by molar-refractivity contribution is 5.72. The summed E-state index contributed by atoms with van der Waals surface area (Å²) >= 11 is 0. The van der Waals surface area contributed by atoms with Gasteiger partial charge in [-0.3, -0.25) is 9.80 Å². The minimum atomic E-state index is 0.696. The van der Waals surface area contributed by atoms with Gasteiger partial charge in [-0.25, -0.2) is 4.98 Å². The molecular weight excluding hydrogens is 448 g/mol. The number of fused-ring (bicyclic) bond motifs is 1. The molecule has 0 saturated carbocycles. The molecule has 0 radical (unpaired) electrons. The van der Waals surface area contributed by atoms with E-state index in [1.54, 1.807) is 6.20 Å². The van der Waals surface area contributed by atoms with Crippen LogP contribution in [0.3, 0.4) is 0 Å². The number of nitrogens with zero attached hydrogens (tertiary/aromatic N) is 5. The zero-order chi connectivity index (χ0) is 24.1. The molecule has 4 heterocycles. The average Bonchev–Trinajstić information content (AvgIpc) is 2.90. The predicted molar refractivity (Wildman–Crippen MR) is 138 cm³/mol. The van der Waals surface area contributed by atoms with Gasteiger partial charge in [-0.2, -0.15) is 0 Å². The third-order valence-corrected chi connectivity index (χ3v) is 6.89. The fourth-order valence-electron chi connectivity index (χ4n) is 4.84. The first kappa shape index (κ1) is 26.4. The van der Waals surface area contributed by atoms with Crippen LogP contribution >= 0.6 is 0 Å². The average molecular weight is 493 g/mol. The Kier molecular flexibility index (Phi) is 11.1. The number of hydrogen-bond acceptors (Lipinski definition) is 10. The molecule has 1 aromatic rings. The molecule has 3 aliphatic heterocycles. The molecule has 10 heteroatoms. The summed E-state index contributed by atoms with van der Waals surface area (Å²) in [6.07, 6.45) is 3.87. The number of nitrogen functional groups attached to an aromatic ring is 1. The smallest absolute Gasteiger partial charge is 0.152 e. The lowest BCUT2D eigenvalue weighted by Gasteiger charge is -2.38. The lowest BCUT2D eigenvalue weighted by Crippen LogP contribution is -2.44. The summed E-state index contributed by atoms with van der Waals surface area (Å²) in [5.74, 6) is 0.995. The van der Waals surface area contributed by atoms with E-state index in [-0.39, 0.29) is 0 Å². The van der Waals surface area contributed by atoms with Crippen LogP contribution < -0.4 is 15.5 Å². The molecule has 3 aliphatic rings. The summed E-state index contributed by atoms with van der Waals surface area (Å²) in [6, 6.07) is 2.04. The number of rotatable bonds is 14. The summed E-state index contributed by atoms with van der Waals surface area (Å²) < 4.78 is 22.7. The van der Waals surface area contributed by atoms with Crippen LogP contribution in [-0.2, 0) is 18.9 Å².